The van der Waals surface area contributed by atoms with Crippen molar-refractivity contribution in [3.8, 4) is 17.4 Å². The Morgan fingerprint density at radius 1 is 1.06 bits per heavy atom. The second-order valence-electron chi connectivity index (χ2n) is 6.78. The third kappa shape index (κ3) is 6.96. The van der Waals surface area contributed by atoms with Gasteiger partial charge in [0.25, 0.3) is 0 Å². The highest BCUT2D eigenvalue weighted by Gasteiger charge is 2.11. The molecular formula is C23H29N5O2S. The number of aromatic nitrogens is 2. The second-order valence-corrected chi connectivity index (χ2v) is 8.10. The van der Waals surface area contributed by atoms with Gasteiger partial charge in [0, 0.05) is 29.4 Å². The minimum Gasteiger partial charge on any atom is -0.490 e. The zero-order valence-corrected chi connectivity index (χ0v) is 19.0. The van der Waals surface area contributed by atoms with Crippen LogP contribution in [-0.4, -0.2) is 29.1 Å². The van der Waals surface area contributed by atoms with Crippen molar-refractivity contribution in [2.45, 2.75) is 40.3 Å². The lowest BCUT2D eigenvalue weighted by Gasteiger charge is -2.14. The Kier molecular flexibility index (Phi) is 8.66. The lowest BCUT2D eigenvalue weighted by atomic mass is 10.2. The van der Waals surface area contributed by atoms with E-state index in [-0.39, 0.29) is 0 Å². The van der Waals surface area contributed by atoms with Crippen LogP contribution in [0.25, 0.3) is 0 Å². The van der Waals surface area contributed by atoms with Crippen LogP contribution in [0, 0.1) is 6.92 Å². The lowest BCUT2D eigenvalue weighted by molar-refractivity contribution is 0.300. The SMILES string of the molecule is CCCOc1ccccc1Oc1ncccc1CN=C(NCC)NCc1ncc(C)s1. The fourth-order valence-electron chi connectivity index (χ4n) is 2.75. The van der Waals surface area contributed by atoms with Crippen LogP contribution in [0.4, 0.5) is 0 Å². The van der Waals surface area contributed by atoms with Gasteiger partial charge in [0.15, 0.2) is 17.5 Å². The molecule has 1 aromatic carbocycles. The van der Waals surface area contributed by atoms with Crippen LogP contribution in [0.15, 0.2) is 53.8 Å². The number of ether oxygens (including phenoxy) is 2. The molecule has 0 amide bonds. The van der Waals surface area contributed by atoms with Gasteiger partial charge in [-0.3, -0.25) is 0 Å². The first-order chi connectivity index (χ1) is 15.2. The van der Waals surface area contributed by atoms with Crippen LogP contribution in [-0.2, 0) is 13.1 Å². The van der Waals surface area contributed by atoms with Crippen molar-refractivity contribution < 1.29 is 9.47 Å². The van der Waals surface area contributed by atoms with Crippen LogP contribution >= 0.6 is 11.3 Å². The summed E-state index contributed by atoms with van der Waals surface area (Å²) in [6.07, 6.45) is 4.53. The lowest BCUT2D eigenvalue weighted by Crippen LogP contribution is -2.36. The Morgan fingerprint density at radius 2 is 1.90 bits per heavy atom. The van der Waals surface area contributed by atoms with E-state index in [1.54, 1.807) is 17.5 Å². The number of aliphatic imine (C=N–C) groups is 1. The van der Waals surface area contributed by atoms with Crippen LogP contribution < -0.4 is 20.1 Å². The molecule has 8 heteroatoms. The zero-order chi connectivity index (χ0) is 21.9. The summed E-state index contributed by atoms with van der Waals surface area (Å²) in [5.41, 5.74) is 0.884. The molecule has 0 aliphatic rings. The number of nitrogens with zero attached hydrogens (tertiary/aromatic N) is 3. The zero-order valence-electron chi connectivity index (χ0n) is 18.2. The number of aryl methyl sites for hydroxylation is 1. The number of rotatable bonds is 10. The highest BCUT2D eigenvalue weighted by atomic mass is 32.1. The Balaban J connectivity index is 1.71. The van der Waals surface area contributed by atoms with E-state index in [1.807, 2.05) is 49.5 Å². The molecular weight excluding hydrogens is 410 g/mol. The highest BCUT2D eigenvalue weighted by Crippen LogP contribution is 2.32. The number of hydrogen-bond donors (Lipinski definition) is 2. The number of hydrogen-bond acceptors (Lipinski definition) is 6. The average molecular weight is 440 g/mol. The van der Waals surface area contributed by atoms with Crippen molar-refractivity contribution in [3.63, 3.8) is 0 Å². The summed E-state index contributed by atoms with van der Waals surface area (Å²) in [4.78, 5) is 14.7. The second kappa shape index (κ2) is 11.9. The first-order valence-corrected chi connectivity index (χ1v) is 11.3. The van der Waals surface area contributed by atoms with E-state index in [1.165, 1.54) is 4.88 Å². The molecule has 0 aliphatic carbocycles. The van der Waals surface area contributed by atoms with Gasteiger partial charge in [-0.15, -0.1) is 11.3 Å². The van der Waals surface area contributed by atoms with E-state index < -0.39 is 0 Å². The standard InChI is InChI=1S/C23H29N5O2S/c1-4-13-29-19-10-6-7-11-20(19)30-22-18(9-8-12-25-22)15-27-23(24-5-2)28-16-21-26-14-17(3)31-21/h6-12,14H,4-5,13,15-16H2,1-3H3,(H2,24,27,28). The topological polar surface area (TPSA) is 80.7 Å². The number of pyridine rings is 1. The van der Waals surface area contributed by atoms with Gasteiger partial charge in [0.2, 0.25) is 5.88 Å². The fourth-order valence-corrected chi connectivity index (χ4v) is 3.48. The Bertz CT molecular complexity index is 989. The molecule has 31 heavy (non-hydrogen) atoms. The van der Waals surface area contributed by atoms with Gasteiger partial charge in [0.05, 0.1) is 19.7 Å². The molecule has 2 heterocycles. The molecule has 164 valence electrons. The molecule has 2 N–H and O–H groups in total. The molecule has 0 atom stereocenters. The molecule has 0 bridgehead atoms. The van der Waals surface area contributed by atoms with E-state index in [2.05, 4.69) is 34.4 Å². The molecule has 3 rings (SSSR count). The summed E-state index contributed by atoms with van der Waals surface area (Å²) >= 11 is 1.67. The smallest absolute Gasteiger partial charge is 0.224 e. The molecule has 0 radical (unpaired) electrons. The highest BCUT2D eigenvalue weighted by molar-refractivity contribution is 7.11. The minimum absolute atomic E-state index is 0.424. The first kappa shape index (κ1) is 22.6. The predicted molar refractivity (Wildman–Crippen MR) is 125 cm³/mol. The summed E-state index contributed by atoms with van der Waals surface area (Å²) < 4.78 is 11.9. The van der Waals surface area contributed by atoms with Crippen molar-refractivity contribution in [3.05, 3.63) is 64.2 Å². The van der Waals surface area contributed by atoms with Gasteiger partial charge in [0.1, 0.15) is 5.01 Å². The third-order valence-corrected chi connectivity index (χ3v) is 5.11. The Labute approximate surface area is 187 Å². The number of benzene rings is 1. The molecule has 0 aliphatic heterocycles. The van der Waals surface area contributed by atoms with Crippen molar-refractivity contribution in [1.82, 2.24) is 20.6 Å². The van der Waals surface area contributed by atoms with Gasteiger partial charge in [-0.1, -0.05) is 25.1 Å². The summed E-state index contributed by atoms with van der Waals surface area (Å²) in [6.45, 7) is 8.62. The van der Waals surface area contributed by atoms with E-state index in [4.69, 9.17) is 14.5 Å². The van der Waals surface area contributed by atoms with Gasteiger partial charge in [-0.05, 0) is 38.5 Å². The Hall–Kier alpha value is -3.13. The van der Waals surface area contributed by atoms with Crippen LogP contribution in [0.5, 0.6) is 17.4 Å². The summed E-state index contributed by atoms with van der Waals surface area (Å²) in [5.74, 6) is 2.59. The van der Waals surface area contributed by atoms with Crippen LogP contribution in [0.1, 0.15) is 35.7 Å². The molecule has 7 nitrogen and oxygen atoms in total. The normalized spacial score (nSPS) is 11.3. The van der Waals surface area contributed by atoms with Crippen molar-refractivity contribution in [2.75, 3.05) is 13.2 Å². The number of guanidine groups is 1. The van der Waals surface area contributed by atoms with E-state index >= 15 is 0 Å². The van der Waals surface area contributed by atoms with Gasteiger partial charge in [-0.2, -0.15) is 0 Å². The molecule has 0 saturated carbocycles. The van der Waals surface area contributed by atoms with Crippen molar-refractivity contribution >= 4 is 17.3 Å². The predicted octanol–water partition coefficient (Wildman–Crippen LogP) is 4.68. The minimum atomic E-state index is 0.424. The number of nitrogens with one attached hydrogen (secondary N) is 2. The summed E-state index contributed by atoms with van der Waals surface area (Å²) in [5, 5.41) is 7.62. The quantitative estimate of drug-likeness (QED) is 0.353. The van der Waals surface area contributed by atoms with Gasteiger partial charge >= 0.3 is 0 Å². The maximum Gasteiger partial charge on any atom is 0.224 e. The van der Waals surface area contributed by atoms with E-state index in [0.717, 1.165) is 29.5 Å². The largest absolute Gasteiger partial charge is 0.490 e. The summed E-state index contributed by atoms with van der Waals surface area (Å²) in [7, 11) is 0. The summed E-state index contributed by atoms with van der Waals surface area (Å²) in [6, 6.07) is 11.5. The number of thiazole rings is 1. The maximum atomic E-state index is 6.11. The van der Waals surface area contributed by atoms with Gasteiger partial charge in [-0.25, -0.2) is 15.0 Å². The van der Waals surface area contributed by atoms with Crippen LogP contribution in [0.3, 0.4) is 0 Å². The first-order valence-electron chi connectivity index (χ1n) is 10.5. The molecule has 0 fully saturated rings. The molecule has 0 saturated heterocycles. The van der Waals surface area contributed by atoms with E-state index in [0.29, 0.717) is 37.1 Å². The molecule has 0 unspecified atom stereocenters. The Morgan fingerprint density at radius 3 is 2.65 bits per heavy atom. The van der Waals surface area contributed by atoms with Gasteiger partial charge < -0.3 is 20.1 Å². The fraction of sp³-hybridized carbons (Fsp3) is 0.348. The van der Waals surface area contributed by atoms with E-state index in [9.17, 15) is 0 Å². The monoisotopic (exact) mass is 439 g/mol. The average Bonchev–Trinajstić information content (AvgIpc) is 3.21. The molecule has 2 aromatic heterocycles. The van der Waals surface area contributed by atoms with Crippen LogP contribution in [0.2, 0.25) is 0 Å². The molecule has 3 aromatic rings. The number of para-hydroxylation sites is 2. The maximum absolute atomic E-state index is 6.11. The molecule has 0 spiro atoms. The van der Waals surface area contributed by atoms with Crippen molar-refractivity contribution in [2.24, 2.45) is 4.99 Å². The van der Waals surface area contributed by atoms with Crippen molar-refractivity contribution in [1.29, 1.82) is 0 Å². The third-order valence-electron chi connectivity index (χ3n) is 4.20.